The summed E-state index contributed by atoms with van der Waals surface area (Å²) in [4.78, 5) is 0. The van der Waals surface area contributed by atoms with Crippen molar-refractivity contribution in [2.24, 2.45) is 23.7 Å². The molecule has 0 aromatic rings. The van der Waals surface area contributed by atoms with Crippen LogP contribution in [0.3, 0.4) is 0 Å². The van der Waals surface area contributed by atoms with Crippen LogP contribution in [-0.4, -0.2) is 12.1 Å². The van der Waals surface area contributed by atoms with Crippen LogP contribution >= 0.6 is 0 Å². The van der Waals surface area contributed by atoms with Gasteiger partial charge in [0.1, 0.15) is 0 Å². The van der Waals surface area contributed by atoms with Gasteiger partial charge in [-0.25, -0.2) is 0 Å². The summed E-state index contributed by atoms with van der Waals surface area (Å²) in [5.74, 6) is 3.61. The van der Waals surface area contributed by atoms with Gasteiger partial charge in [0.2, 0.25) is 0 Å². The molecule has 0 spiro atoms. The quantitative estimate of drug-likeness (QED) is 0.763. The Morgan fingerprint density at radius 3 is 2.31 bits per heavy atom. The highest BCUT2D eigenvalue weighted by Gasteiger charge is 2.30. The summed E-state index contributed by atoms with van der Waals surface area (Å²) in [7, 11) is 0. The molecule has 96 valence electrons. The second-order valence-corrected chi connectivity index (χ2v) is 7.22. The van der Waals surface area contributed by atoms with E-state index in [0.29, 0.717) is 0 Å². The number of nitrogens with one attached hydrogen (secondary N) is 1. The third-order valence-electron chi connectivity index (χ3n) is 4.05. The lowest BCUT2D eigenvalue weighted by molar-refractivity contribution is 0.135. The zero-order valence-corrected chi connectivity index (χ0v) is 12.1. The van der Waals surface area contributed by atoms with E-state index in [-0.39, 0.29) is 5.54 Å². The highest BCUT2D eigenvalue weighted by molar-refractivity contribution is 4.84. The normalized spacial score (nSPS) is 32.1. The number of hydrogen-bond donors (Lipinski definition) is 1. The fraction of sp³-hybridized carbons (Fsp3) is 1.00. The Morgan fingerprint density at radius 2 is 1.81 bits per heavy atom. The molecule has 3 atom stereocenters. The molecule has 1 heteroatoms. The summed E-state index contributed by atoms with van der Waals surface area (Å²) >= 11 is 0. The topological polar surface area (TPSA) is 12.0 Å². The van der Waals surface area contributed by atoms with Crippen LogP contribution in [0.4, 0.5) is 0 Å². The maximum atomic E-state index is 3.70. The van der Waals surface area contributed by atoms with E-state index in [1.807, 2.05) is 0 Å². The molecule has 0 amide bonds. The van der Waals surface area contributed by atoms with Crippen molar-refractivity contribution < 1.29 is 0 Å². The van der Waals surface area contributed by atoms with Gasteiger partial charge in [-0.05, 0) is 63.8 Å². The Hall–Kier alpha value is -0.0400. The predicted octanol–water partition coefficient (Wildman–Crippen LogP) is 4.08. The molecule has 0 aromatic heterocycles. The van der Waals surface area contributed by atoms with Crippen molar-refractivity contribution in [2.75, 3.05) is 6.54 Å². The molecule has 0 saturated heterocycles. The van der Waals surface area contributed by atoms with Gasteiger partial charge in [-0.15, -0.1) is 0 Å². The molecule has 1 N–H and O–H groups in total. The Morgan fingerprint density at radius 1 is 1.19 bits per heavy atom. The van der Waals surface area contributed by atoms with Crippen molar-refractivity contribution in [1.82, 2.24) is 5.32 Å². The van der Waals surface area contributed by atoms with Crippen LogP contribution in [0.15, 0.2) is 0 Å². The van der Waals surface area contributed by atoms with Gasteiger partial charge < -0.3 is 5.32 Å². The molecular weight excluding hydrogens is 194 g/mol. The van der Waals surface area contributed by atoms with Crippen LogP contribution in [0.2, 0.25) is 0 Å². The molecule has 0 radical (unpaired) electrons. The molecule has 0 aliphatic heterocycles. The molecule has 0 heterocycles. The molecule has 1 saturated carbocycles. The van der Waals surface area contributed by atoms with Crippen LogP contribution in [-0.2, 0) is 0 Å². The third kappa shape index (κ3) is 4.45. The molecule has 1 aliphatic rings. The highest BCUT2D eigenvalue weighted by Crippen LogP contribution is 2.37. The lowest BCUT2D eigenvalue weighted by atomic mass is 9.70. The Balaban J connectivity index is 2.51. The van der Waals surface area contributed by atoms with Crippen molar-refractivity contribution in [3.05, 3.63) is 0 Å². The van der Waals surface area contributed by atoms with E-state index in [4.69, 9.17) is 0 Å². The predicted molar refractivity (Wildman–Crippen MR) is 72.6 cm³/mol. The van der Waals surface area contributed by atoms with Crippen LogP contribution in [0.1, 0.15) is 60.8 Å². The van der Waals surface area contributed by atoms with Gasteiger partial charge in [0.05, 0.1) is 0 Å². The van der Waals surface area contributed by atoms with Gasteiger partial charge in [0.15, 0.2) is 0 Å². The largest absolute Gasteiger partial charge is 0.312 e. The summed E-state index contributed by atoms with van der Waals surface area (Å²) in [6, 6.07) is 0. The van der Waals surface area contributed by atoms with E-state index in [2.05, 4.69) is 46.9 Å². The van der Waals surface area contributed by atoms with Crippen LogP contribution < -0.4 is 5.32 Å². The summed E-state index contributed by atoms with van der Waals surface area (Å²) in [5, 5.41) is 3.70. The highest BCUT2D eigenvalue weighted by atomic mass is 14.9. The van der Waals surface area contributed by atoms with E-state index in [1.54, 1.807) is 0 Å². The number of hydrogen-bond acceptors (Lipinski definition) is 1. The summed E-state index contributed by atoms with van der Waals surface area (Å²) in [5.41, 5.74) is 0.266. The maximum absolute atomic E-state index is 3.70. The molecular formula is C15H31N. The van der Waals surface area contributed by atoms with Crippen molar-refractivity contribution in [1.29, 1.82) is 0 Å². The lowest BCUT2D eigenvalue weighted by Crippen LogP contribution is -2.43. The van der Waals surface area contributed by atoms with E-state index in [0.717, 1.165) is 23.7 Å². The smallest absolute Gasteiger partial charge is 0.00966 e. The molecule has 3 unspecified atom stereocenters. The van der Waals surface area contributed by atoms with Crippen LogP contribution in [0.25, 0.3) is 0 Å². The summed E-state index contributed by atoms with van der Waals surface area (Å²) in [6.07, 6.45) is 4.30. The zero-order valence-electron chi connectivity index (χ0n) is 12.1. The van der Waals surface area contributed by atoms with E-state index in [1.165, 1.54) is 25.8 Å². The molecule has 1 rings (SSSR count). The minimum Gasteiger partial charge on any atom is -0.312 e. The van der Waals surface area contributed by atoms with Gasteiger partial charge in [0.25, 0.3) is 0 Å². The SMILES string of the molecule is CC1CCC(C(C)C)C(CNC(C)(C)C)C1. The van der Waals surface area contributed by atoms with Crippen LogP contribution in [0.5, 0.6) is 0 Å². The Labute approximate surface area is 102 Å². The minimum atomic E-state index is 0.266. The van der Waals surface area contributed by atoms with Gasteiger partial charge >= 0.3 is 0 Å². The summed E-state index contributed by atoms with van der Waals surface area (Å²) < 4.78 is 0. The first-order chi connectivity index (χ1) is 7.29. The van der Waals surface area contributed by atoms with Crippen molar-refractivity contribution in [3.8, 4) is 0 Å². The molecule has 16 heavy (non-hydrogen) atoms. The lowest BCUT2D eigenvalue weighted by Gasteiger charge is -2.39. The molecule has 0 aromatic carbocycles. The van der Waals surface area contributed by atoms with Crippen molar-refractivity contribution >= 4 is 0 Å². The van der Waals surface area contributed by atoms with Crippen LogP contribution in [0, 0.1) is 23.7 Å². The van der Waals surface area contributed by atoms with E-state index < -0.39 is 0 Å². The Bertz CT molecular complexity index is 202. The fourth-order valence-electron chi connectivity index (χ4n) is 3.07. The molecule has 1 nitrogen and oxygen atoms in total. The monoisotopic (exact) mass is 225 g/mol. The van der Waals surface area contributed by atoms with Gasteiger partial charge in [-0.3, -0.25) is 0 Å². The third-order valence-corrected chi connectivity index (χ3v) is 4.05. The second-order valence-electron chi connectivity index (χ2n) is 7.22. The zero-order chi connectivity index (χ0) is 12.3. The van der Waals surface area contributed by atoms with Gasteiger partial charge in [-0.1, -0.05) is 27.2 Å². The van der Waals surface area contributed by atoms with Crippen molar-refractivity contribution in [2.45, 2.75) is 66.3 Å². The maximum Gasteiger partial charge on any atom is 0.00966 e. The Kier molecular flexibility index (Phi) is 4.85. The molecule has 1 aliphatic carbocycles. The van der Waals surface area contributed by atoms with E-state index >= 15 is 0 Å². The first-order valence-electron chi connectivity index (χ1n) is 7.04. The average molecular weight is 225 g/mol. The molecule has 0 bridgehead atoms. The first-order valence-corrected chi connectivity index (χ1v) is 7.04. The van der Waals surface area contributed by atoms with Crippen molar-refractivity contribution in [3.63, 3.8) is 0 Å². The number of rotatable bonds is 3. The summed E-state index contributed by atoms with van der Waals surface area (Å²) in [6.45, 7) is 15.2. The minimum absolute atomic E-state index is 0.266. The fourth-order valence-corrected chi connectivity index (χ4v) is 3.07. The van der Waals surface area contributed by atoms with E-state index in [9.17, 15) is 0 Å². The van der Waals surface area contributed by atoms with Gasteiger partial charge in [-0.2, -0.15) is 0 Å². The first kappa shape index (κ1) is 14.0. The second kappa shape index (κ2) is 5.53. The average Bonchev–Trinajstić information content (AvgIpc) is 2.13. The standard InChI is InChI=1S/C15H31N/c1-11(2)14-8-7-12(3)9-13(14)10-16-15(4,5)6/h11-14,16H,7-10H2,1-6H3. The molecule has 1 fully saturated rings. The van der Waals surface area contributed by atoms with Gasteiger partial charge in [0, 0.05) is 5.54 Å².